The van der Waals surface area contributed by atoms with E-state index < -0.39 is 5.91 Å². The van der Waals surface area contributed by atoms with Crippen LogP contribution >= 0.6 is 11.6 Å². The highest BCUT2D eigenvalue weighted by Gasteiger charge is 2.12. The molecule has 0 fully saturated rings. The van der Waals surface area contributed by atoms with Crippen LogP contribution in [-0.2, 0) is 11.3 Å². The van der Waals surface area contributed by atoms with Crippen molar-refractivity contribution in [1.29, 1.82) is 0 Å². The van der Waals surface area contributed by atoms with E-state index in [1.807, 2.05) is 0 Å². The first-order chi connectivity index (χ1) is 12.5. The third kappa shape index (κ3) is 3.92. The third-order valence-electron chi connectivity index (χ3n) is 3.51. The van der Waals surface area contributed by atoms with Gasteiger partial charge < -0.3 is 19.0 Å². The number of nitrogens with zero attached hydrogens (tertiary/aromatic N) is 3. The molecule has 3 rings (SSSR count). The number of halogens is 1. The largest absolute Gasteiger partial charge is 0.495 e. The fourth-order valence-corrected chi connectivity index (χ4v) is 2.49. The number of benzene rings is 1. The summed E-state index contributed by atoms with van der Waals surface area (Å²) in [6.45, 7) is 1.47. The van der Waals surface area contributed by atoms with E-state index in [2.05, 4.69) is 15.5 Å². The maximum Gasteiger partial charge on any atom is 0.251 e. The Kier molecular flexibility index (Phi) is 5.04. The third-order valence-corrected chi connectivity index (χ3v) is 3.74. The van der Waals surface area contributed by atoms with Crippen LogP contribution in [0.2, 0.25) is 5.02 Å². The molecular formula is C17H15ClN4O4. The number of hydrogen-bond donors (Lipinski definition) is 1. The molecule has 0 unspecified atom stereocenters. The van der Waals surface area contributed by atoms with Gasteiger partial charge in [-0.2, -0.15) is 0 Å². The lowest BCUT2D eigenvalue weighted by Gasteiger charge is -2.11. The van der Waals surface area contributed by atoms with Gasteiger partial charge in [-0.3, -0.25) is 9.59 Å². The number of pyridine rings is 1. The van der Waals surface area contributed by atoms with E-state index in [4.69, 9.17) is 20.8 Å². The Morgan fingerprint density at radius 3 is 2.81 bits per heavy atom. The molecule has 1 amide bonds. The van der Waals surface area contributed by atoms with Gasteiger partial charge in [0.25, 0.3) is 5.56 Å². The highest BCUT2D eigenvalue weighted by atomic mass is 35.5. The van der Waals surface area contributed by atoms with Crippen molar-refractivity contribution in [2.24, 2.45) is 0 Å². The molecule has 3 aromatic rings. The van der Waals surface area contributed by atoms with Crippen molar-refractivity contribution in [3.63, 3.8) is 0 Å². The van der Waals surface area contributed by atoms with Crippen LogP contribution in [0, 0.1) is 6.92 Å². The summed E-state index contributed by atoms with van der Waals surface area (Å²) in [5.74, 6) is 0.730. The minimum atomic E-state index is -0.411. The molecule has 134 valence electrons. The molecule has 0 aliphatic rings. The first-order valence-electron chi connectivity index (χ1n) is 7.60. The Bertz CT molecular complexity index is 1010. The van der Waals surface area contributed by atoms with Gasteiger partial charge in [0.15, 0.2) is 0 Å². The maximum atomic E-state index is 12.3. The van der Waals surface area contributed by atoms with E-state index in [0.717, 1.165) is 0 Å². The average Bonchev–Trinajstić information content (AvgIpc) is 3.03. The van der Waals surface area contributed by atoms with Crippen LogP contribution < -0.4 is 15.6 Å². The molecule has 2 heterocycles. The smallest absolute Gasteiger partial charge is 0.251 e. The van der Waals surface area contributed by atoms with E-state index >= 15 is 0 Å². The van der Waals surface area contributed by atoms with E-state index in [0.29, 0.717) is 27.9 Å². The number of rotatable bonds is 5. The number of anilines is 1. The van der Waals surface area contributed by atoms with Crippen LogP contribution in [0.25, 0.3) is 11.5 Å². The first-order valence-corrected chi connectivity index (χ1v) is 7.98. The number of amides is 1. The van der Waals surface area contributed by atoms with Crippen LogP contribution in [-0.4, -0.2) is 27.8 Å². The van der Waals surface area contributed by atoms with Gasteiger partial charge in [-0.1, -0.05) is 11.6 Å². The molecular weight excluding hydrogens is 360 g/mol. The Morgan fingerprint density at radius 2 is 2.12 bits per heavy atom. The lowest BCUT2D eigenvalue weighted by Crippen LogP contribution is -2.27. The molecule has 0 aliphatic heterocycles. The van der Waals surface area contributed by atoms with Crippen LogP contribution in [0.5, 0.6) is 5.75 Å². The fraction of sp³-hybridized carbons (Fsp3) is 0.176. The monoisotopic (exact) mass is 374 g/mol. The molecule has 0 atom stereocenters. The van der Waals surface area contributed by atoms with Crippen molar-refractivity contribution < 1.29 is 13.9 Å². The molecule has 1 aromatic carbocycles. The second-order valence-corrected chi connectivity index (χ2v) is 5.84. The van der Waals surface area contributed by atoms with Gasteiger partial charge in [-0.15, -0.1) is 10.2 Å². The Labute approximate surface area is 153 Å². The molecule has 26 heavy (non-hydrogen) atoms. The summed E-state index contributed by atoms with van der Waals surface area (Å²) in [5, 5.41) is 10.8. The highest BCUT2D eigenvalue weighted by molar-refractivity contribution is 6.31. The minimum absolute atomic E-state index is 0.199. The summed E-state index contributed by atoms with van der Waals surface area (Å²) in [4.78, 5) is 24.4. The summed E-state index contributed by atoms with van der Waals surface area (Å²) < 4.78 is 11.8. The van der Waals surface area contributed by atoms with E-state index in [9.17, 15) is 9.59 Å². The zero-order valence-corrected chi connectivity index (χ0v) is 14.8. The summed E-state index contributed by atoms with van der Waals surface area (Å²) in [6.07, 6.45) is 1.49. The van der Waals surface area contributed by atoms with Gasteiger partial charge >= 0.3 is 0 Å². The second-order valence-electron chi connectivity index (χ2n) is 5.40. The number of aryl methyl sites for hydroxylation is 1. The van der Waals surface area contributed by atoms with Gasteiger partial charge in [-0.25, -0.2) is 0 Å². The zero-order valence-electron chi connectivity index (χ0n) is 14.0. The molecule has 0 aliphatic carbocycles. The van der Waals surface area contributed by atoms with Crippen LogP contribution in [0.3, 0.4) is 0 Å². The van der Waals surface area contributed by atoms with Crippen molar-refractivity contribution in [1.82, 2.24) is 14.8 Å². The molecule has 0 spiro atoms. The zero-order chi connectivity index (χ0) is 18.7. The number of carbonyl (C=O) groups is 1. The molecule has 1 N–H and O–H groups in total. The summed E-state index contributed by atoms with van der Waals surface area (Å²) in [5.41, 5.74) is 0.623. The fourth-order valence-electron chi connectivity index (χ4n) is 2.32. The Hall–Kier alpha value is -3.13. The predicted octanol–water partition coefficient (Wildman–Crippen LogP) is 2.51. The molecule has 0 saturated carbocycles. The standard InChI is InChI=1S/C17H15ClN4O4/c1-10-20-21-17(26-10)11-3-6-16(24)22(8-11)9-15(23)19-13-7-12(18)4-5-14(13)25-2/h3-8H,9H2,1-2H3,(H,19,23). The summed E-state index contributed by atoms with van der Waals surface area (Å²) in [7, 11) is 1.49. The number of ether oxygens (including phenoxy) is 1. The average molecular weight is 375 g/mol. The van der Waals surface area contributed by atoms with Gasteiger partial charge in [0.2, 0.25) is 17.7 Å². The van der Waals surface area contributed by atoms with Crippen molar-refractivity contribution in [2.75, 3.05) is 12.4 Å². The van der Waals surface area contributed by atoms with Crippen molar-refractivity contribution >= 4 is 23.2 Å². The maximum absolute atomic E-state index is 12.3. The van der Waals surface area contributed by atoms with Gasteiger partial charge in [0.1, 0.15) is 12.3 Å². The van der Waals surface area contributed by atoms with Crippen molar-refractivity contribution in [3.05, 3.63) is 57.8 Å². The lowest BCUT2D eigenvalue weighted by molar-refractivity contribution is -0.116. The number of aromatic nitrogens is 3. The molecule has 2 aromatic heterocycles. The number of nitrogens with one attached hydrogen (secondary N) is 1. The lowest BCUT2D eigenvalue weighted by atomic mass is 10.2. The first kappa shape index (κ1) is 17.7. The topological polar surface area (TPSA) is 99.2 Å². The van der Waals surface area contributed by atoms with E-state index in [1.165, 1.54) is 23.9 Å². The van der Waals surface area contributed by atoms with Crippen molar-refractivity contribution in [3.8, 4) is 17.2 Å². The molecule has 0 radical (unpaired) electrons. The summed E-state index contributed by atoms with van der Waals surface area (Å²) in [6, 6.07) is 7.75. The second kappa shape index (κ2) is 7.40. The van der Waals surface area contributed by atoms with Gasteiger partial charge in [0.05, 0.1) is 18.4 Å². The summed E-state index contributed by atoms with van der Waals surface area (Å²) >= 11 is 5.95. The normalized spacial score (nSPS) is 10.6. The molecule has 8 nitrogen and oxygen atoms in total. The molecule has 0 bridgehead atoms. The van der Waals surface area contributed by atoms with Gasteiger partial charge in [-0.05, 0) is 24.3 Å². The molecule has 0 saturated heterocycles. The van der Waals surface area contributed by atoms with Crippen LogP contribution in [0.15, 0.2) is 45.7 Å². The highest BCUT2D eigenvalue weighted by Crippen LogP contribution is 2.27. The van der Waals surface area contributed by atoms with E-state index in [1.54, 1.807) is 31.2 Å². The predicted molar refractivity (Wildman–Crippen MR) is 95.4 cm³/mol. The Morgan fingerprint density at radius 1 is 1.31 bits per heavy atom. The van der Waals surface area contributed by atoms with E-state index in [-0.39, 0.29) is 18.0 Å². The Balaban J connectivity index is 1.81. The minimum Gasteiger partial charge on any atom is -0.495 e. The van der Waals surface area contributed by atoms with Gasteiger partial charge in [0, 0.05) is 24.2 Å². The van der Waals surface area contributed by atoms with Crippen molar-refractivity contribution in [2.45, 2.75) is 13.5 Å². The van der Waals surface area contributed by atoms with Crippen LogP contribution in [0.1, 0.15) is 5.89 Å². The number of hydrogen-bond acceptors (Lipinski definition) is 6. The quantitative estimate of drug-likeness (QED) is 0.736. The number of carbonyl (C=O) groups excluding carboxylic acids is 1. The number of methoxy groups -OCH3 is 1. The van der Waals surface area contributed by atoms with Crippen LogP contribution in [0.4, 0.5) is 5.69 Å². The molecule has 9 heteroatoms. The SMILES string of the molecule is COc1ccc(Cl)cc1NC(=O)Cn1cc(-c2nnc(C)o2)ccc1=O.